The number of halogens is 3. The Morgan fingerprint density at radius 3 is 2.67 bits per heavy atom. The van der Waals surface area contributed by atoms with Crippen molar-refractivity contribution in [1.82, 2.24) is 10.2 Å². The largest absolute Gasteiger partial charge is 0.480 e. The lowest BCUT2D eigenvalue weighted by Gasteiger charge is -2.33. The molecule has 0 spiro atoms. The molecule has 0 bridgehead atoms. The van der Waals surface area contributed by atoms with Gasteiger partial charge in [0.1, 0.15) is 12.6 Å². The Hall–Kier alpha value is -1.06. The van der Waals surface area contributed by atoms with Gasteiger partial charge in [0.05, 0.1) is 10.6 Å². The maximum Gasteiger partial charge on any atom is 0.328 e. The molecule has 2 rings (SSSR count). The highest BCUT2D eigenvalue weighted by Crippen LogP contribution is 2.28. The molecule has 1 unspecified atom stereocenters. The van der Waals surface area contributed by atoms with Crippen LogP contribution in [0.5, 0.6) is 0 Å². The Bertz CT molecular complexity index is 638. The van der Waals surface area contributed by atoms with Gasteiger partial charge in [0, 0.05) is 15.1 Å². The number of nitrogens with one attached hydrogen (secondary N) is 1. The second-order valence-electron chi connectivity index (χ2n) is 4.34. The molecule has 2 amide bonds. The number of hydrogen-bond acceptors (Lipinski definition) is 3. The normalized spacial score (nSPS) is 18.3. The highest BCUT2D eigenvalue weighted by atomic mass is 127. The molecule has 0 radical (unpaired) electrons. The molecular weight excluding hydrogens is 434 g/mol. The number of rotatable bonds is 2. The van der Waals surface area contributed by atoms with Crippen molar-refractivity contribution in [3.8, 4) is 0 Å². The molecule has 2 N–H and O–H groups in total. The zero-order valence-corrected chi connectivity index (χ0v) is 14.1. The fourth-order valence-electron chi connectivity index (χ4n) is 1.94. The number of carboxylic acids is 1. The maximum atomic E-state index is 12.5. The summed E-state index contributed by atoms with van der Waals surface area (Å²) in [4.78, 5) is 36.2. The van der Waals surface area contributed by atoms with Crippen LogP contribution in [0.15, 0.2) is 12.1 Å². The van der Waals surface area contributed by atoms with Crippen LogP contribution < -0.4 is 5.32 Å². The van der Waals surface area contributed by atoms with Crippen molar-refractivity contribution in [2.24, 2.45) is 0 Å². The Kier molecular flexibility index (Phi) is 4.95. The predicted octanol–water partition coefficient (Wildman–Crippen LogP) is 1.62. The van der Waals surface area contributed by atoms with Gasteiger partial charge < -0.3 is 15.3 Å². The lowest BCUT2D eigenvalue weighted by molar-refractivity contribution is -0.144. The van der Waals surface area contributed by atoms with Gasteiger partial charge in [-0.3, -0.25) is 9.59 Å². The van der Waals surface area contributed by atoms with Crippen LogP contribution in [0.4, 0.5) is 0 Å². The zero-order valence-electron chi connectivity index (χ0n) is 10.4. The van der Waals surface area contributed by atoms with Gasteiger partial charge in [-0.25, -0.2) is 4.79 Å². The number of carboxylic acid groups (broad SMARTS) is 1. The molecule has 9 heteroatoms. The van der Waals surface area contributed by atoms with Crippen molar-refractivity contribution in [2.75, 3.05) is 13.1 Å². The first-order valence-electron chi connectivity index (χ1n) is 5.76. The molecule has 1 fully saturated rings. The van der Waals surface area contributed by atoms with Crippen molar-refractivity contribution in [3.05, 3.63) is 31.3 Å². The van der Waals surface area contributed by atoms with Crippen LogP contribution in [0, 0.1) is 3.57 Å². The van der Waals surface area contributed by atoms with Crippen molar-refractivity contribution < 1.29 is 19.5 Å². The number of benzene rings is 1. The van der Waals surface area contributed by atoms with Crippen LogP contribution in [0.2, 0.25) is 10.0 Å². The van der Waals surface area contributed by atoms with Crippen molar-refractivity contribution in [3.63, 3.8) is 0 Å². The molecule has 1 aliphatic rings. The molecule has 1 aromatic rings. The topological polar surface area (TPSA) is 86.7 Å². The molecule has 0 saturated carbocycles. The first kappa shape index (κ1) is 16.3. The summed E-state index contributed by atoms with van der Waals surface area (Å²) in [6.07, 6.45) is 0. The van der Waals surface area contributed by atoms with E-state index in [2.05, 4.69) is 5.32 Å². The molecule has 1 saturated heterocycles. The van der Waals surface area contributed by atoms with Gasteiger partial charge in [-0.1, -0.05) is 23.2 Å². The third-order valence-electron chi connectivity index (χ3n) is 2.95. The van der Waals surface area contributed by atoms with Crippen molar-refractivity contribution in [2.45, 2.75) is 6.04 Å². The van der Waals surface area contributed by atoms with E-state index in [1.54, 1.807) is 0 Å². The van der Waals surface area contributed by atoms with Gasteiger partial charge in [-0.05, 0) is 34.7 Å². The molecule has 1 aliphatic heterocycles. The zero-order chi connectivity index (χ0) is 15.7. The standard InChI is InChI=1S/C12H9Cl2IN2O4/c13-5-1-6(10(15)7(14)2-5)11(19)17-4-9(18)16-3-8(17)12(20)21/h1-2,8H,3-4H2,(H,16,18)(H,20,21). The molecule has 1 aromatic carbocycles. The van der Waals surface area contributed by atoms with E-state index >= 15 is 0 Å². The van der Waals surface area contributed by atoms with E-state index in [1.807, 2.05) is 22.6 Å². The van der Waals surface area contributed by atoms with E-state index in [-0.39, 0.29) is 23.7 Å². The number of hydrogen-bond donors (Lipinski definition) is 2. The predicted molar refractivity (Wildman–Crippen MR) is 84.6 cm³/mol. The first-order chi connectivity index (χ1) is 9.81. The van der Waals surface area contributed by atoms with Crippen LogP contribution in [0.1, 0.15) is 10.4 Å². The number of amides is 2. The molecular formula is C12H9Cl2IN2O4. The molecule has 0 aliphatic carbocycles. The minimum Gasteiger partial charge on any atom is -0.480 e. The first-order valence-corrected chi connectivity index (χ1v) is 7.59. The summed E-state index contributed by atoms with van der Waals surface area (Å²) in [5.74, 6) is -2.19. The molecule has 1 heterocycles. The average Bonchev–Trinajstić information content (AvgIpc) is 2.41. The van der Waals surface area contributed by atoms with E-state index in [4.69, 9.17) is 23.2 Å². The molecule has 21 heavy (non-hydrogen) atoms. The summed E-state index contributed by atoms with van der Waals surface area (Å²) >= 11 is 13.7. The summed E-state index contributed by atoms with van der Waals surface area (Å²) in [5.41, 5.74) is 0.175. The summed E-state index contributed by atoms with van der Waals surface area (Å²) in [6.45, 7) is -0.458. The average molecular weight is 443 g/mol. The SMILES string of the molecule is O=C1CN(C(=O)c2cc(Cl)cc(Cl)c2I)C(C(=O)O)CN1. The minimum atomic E-state index is -1.19. The smallest absolute Gasteiger partial charge is 0.328 e. The Morgan fingerprint density at radius 2 is 2.05 bits per heavy atom. The summed E-state index contributed by atoms with van der Waals surface area (Å²) in [6, 6.07) is 1.77. The second-order valence-corrected chi connectivity index (χ2v) is 6.26. The molecule has 0 aromatic heterocycles. The van der Waals surface area contributed by atoms with Gasteiger partial charge >= 0.3 is 5.97 Å². The Labute approximate surface area is 143 Å². The van der Waals surface area contributed by atoms with Crippen molar-refractivity contribution >= 4 is 63.6 Å². The maximum absolute atomic E-state index is 12.5. The second kappa shape index (κ2) is 6.37. The summed E-state index contributed by atoms with van der Waals surface area (Å²) < 4.78 is 0.457. The third kappa shape index (κ3) is 3.41. The van der Waals surface area contributed by atoms with Gasteiger partial charge in [-0.2, -0.15) is 0 Å². The van der Waals surface area contributed by atoms with Gasteiger partial charge in [0.2, 0.25) is 5.91 Å². The number of aliphatic carboxylic acids is 1. The quantitative estimate of drug-likeness (QED) is 0.538. The number of carbonyl (C=O) groups is 3. The molecule has 6 nitrogen and oxygen atoms in total. The van der Waals surface area contributed by atoms with Crippen LogP contribution in [-0.4, -0.2) is 46.9 Å². The van der Waals surface area contributed by atoms with Crippen molar-refractivity contribution in [1.29, 1.82) is 0 Å². The number of nitrogens with zero attached hydrogens (tertiary/aromatic N) is 1. The van der Waals surface area contributed by atoms with Gasteiger partial charge in [-0.15, -0.1) is 0 Å². The fraction of sp³-hybridized carbons (Fsp3) is 0.250. The lowest BCUT2D eigenvalue weighted by Crippen LogP contribution is -2.59. The van der Waals surface area contributed by atoms with Crippen LogP contribution in [-0.2, 0) is 9.59 Å². The monoisotopic (exact) mass is 442 g/mol. The highest BCUT2D eigenvalue weighted by Gasteiger charge is 2.36. The van der Waals surface area contributed by atoms with E-state index in [1.165, 1.54) is 12.1 Å². The van der Waals surface area contributed by atoms with Crippen LogP contribution >= 0.6 is 45.8 Å². The molecule has 112 valence electrons. The van der Waals surface area contributed by atoms with Gasteiger partial charge in [0.15, 0.2) is 0 Å². The molecule has 1 atom stereocenters. The summed E-state index contributed by atoms with van der Waals surface area (Å²) in [7, 11) is 0. The Balaban J connectivity index is 2.41. The van der Waals surface area contributed by atoms with E-state index in [0.29, 0.717) is 8.59 Å². The lowest BCUT2D eigenvalue weighted by atomic mass is 10.1. The number of carbonyl (C=O) groups excluding carboxylic acids is 2. The van der Waals surface area contributed by atoms with E-state index in [0.717, 1.165) is 4.90 Å². The van der Waals surface area contributed by atoms with E-state index in [9.17, 15) is 19.5 Å². The Morgan fingerprint density at radius 1 is 1.38 bits per heavy atom. The van der Waals surface area contributed by atoms with Crippen LogP contribution in [0.25, 0.3) is 0 Å². The van der Waals surface area contributed by atoms with Crippen LogP contribution in [0.3, 0.4) is 0 Å². The minimum absolute atomic E-state index is 0.134. The fourth-order valence-corrected chi connectivity index (χ4v) is 2.98. The number of piperazine rings is 1. The van der Waals surface area contributed by atoms with Gasteiger partial charge in [0.25, 0.3) is 5.91 Å². The van der Waals surface area contributed by atoms with E-state index < -0.39 is 23.8 Å². The summed E-state index contributed by atoms with van der Waals surface area (Å²) in [5, 5.41) is 12.1. The highest BCUT2D eigenvalue weighted by molar-refractivity contribution is 14.1. The third-order valence-corrected chi connectivity index (χ3v) is 4.95.